The Hall–Kier alpha value is -5.36. The van der Waals surface area contributed by atoms with E-state index in [2.05, 4.69) is 106 Å². The van der Waals surface area contributed by atoms with Gasteiger partial charge in [0.15, 0.2) is 0 Å². The Morgan fingerprint density at radius 2 is 1.44 bits per heavy atom. The first-order valence-electron chi connectivity index (χ1n) is 17.9. The molecular formula is C44H46N4O2. The Kier molecular flexibility index (Phi) is 9.44. The third-order valence-electron chi connectivity index (χ3n) is 9.87. The van der Waals surface area contributed by atoms with Crippen LogP contribution in [0, 0.1) is 6.92 Å². The molecule has 0 aliphatic carbocycles. The minimum Gasteiger partial charge on any atom is -0.497 e. The summed E-state index contributed by atoms with van der Waals surface area (Å²) >= 11 is 0. The average Bonchev–Trinajstić information content (AvgIpc) is 3.75. The number of para-hydroxylation sites is 1. The van der Waals surface area contributed by atoms with Gasteiger partial charge in [-0.3, -0.25) is 4.57 Å². The third kappa shape index (κ3) is 6.38. The van der Waals surface area contributed by atoms with Crippen LogP contribution in [0.25, 0.3) is 44.4 Å². The second-order valence-corrected chi connectivity index (χ2v) is 13.6. The first-order chi connectivity index (χ1) is 24.4. The van der Waals surface area contributed by atoms with Crippen molar-refractivity contribution in [2.45, 2.75) is 72.1 Å². The molecule has 0 N–H and O–H groups in total. The number of fused-ring (bicyclic) bond motifs is 3. The molecule has 50 heavy (non-hydrogen) atoms. The SMILES string of the molecule is CCCC(C)c1cc(C)cc(C(C)CCC)c1-c1cnn(-c2cccc(Oc3ccc4c5ccccc5n(-c5cc(OC)ccn5)c4c3)c2)c1. The topological polar surface area (TPSA) is 54.1 Å². The van der Waals surface area contributed by atoms with Gasteiger partial charge in [0.05, 0.1) is 30.0 Å². The molecule has 254 valence electrons. The van der Waals surface area contributed by atoms with Gasteiger partial charge in [-0.25, -0.2) is 9.67 Å². The molecule has 0 amide bonds. The first-order valence-corrected chi connectivity index (χ1v) is 17.9. The van der Waals surface area contributed by atoms with Crippen LogP contribution < -0.4 is 9.47 Å². The fourth-order valence-corrected chi connectivity index (χ4v) is 7.46. The summed E-state index contributed by atoms with van der Waals surface area (Å²) in [6, 6.07) is 31.4. The maximum absolute atomic E-state index is 6.54. The lowest BCUT2D eigenvalue weighted by atomic mass is 9.81. The van der Waals surface area contributed by atoms with Gasteiger partial charge in [0.2, 0.25) is 0 Å². The van der Waals surface area contributed by atoms with Gasteiger partial charge in [-0.1, -0.05) is 82.5 Å². The summed E-state index contributed by atoms with van der Waals surface area (Å²) in [5.74, 6) is 3.97. The Morgan fingerprint density at radius 1 is 0.720 bits per heavy atom. The molecule has 6 nitrogen and oxygen atoms in total. The van der Waals surface area contributed by atoms with Crippen molar-refractivity contribution in [3.63, 3.8) is 0 Å². The Labute approximate surface area is 295 Å². The summed E-state index contributed by atoms with van der Waals surface area (Å²) in [6.45, 7) is 11.5. The van der Waals surface area contributed by atoms with Crippen molar-refractivity contribution in [2.75, 3.05) is 7.11 Å². The van der Waals surface area contributed by atoms with Crippen LogP contribution in [0.1, 0.15) is 81.9 Å². The van der Waals surface area contributed by atoms with Crippen LogP contribution in [0.2, 0.25) is 0 Å². The molecule has 0 radical (unpaired) electrons. The molecule has 2 atom stereocenters. The molecule has 0 bridgehead atoms. The maximum atomic E-state index is 6.54. The van der Waals surface area contributed by atoms with E-state index in [0.29, 0.717) is 11.8 Å². The lowest BCUT2D eigenvalue weighted by Gasteiger charge is -2.23. The van der Waals surface area contributed by atoms with Gasteiger partial charge in [0, 0.05) is 46.9 Å². The Bertz CT molecular complexity index is 2250. The molecule has 3 aromatic heterocycles. The van der Waals surface area contributed by atoms with E-state index in [1.165, 1.54) is 22.3 Å². The highest BCUT2D eigenvalue weighted by atomic mass is 16.5. The molecule has 0 aliphatic rings. The van der Waals surface area contributed by atoms with Gasteiger partial charge >= 0.3 is 0 Å². The molecule has 0 saturated heterocycles. The molecule has 3 heterocycles. The Morgan fingerprint density at radius 3 is 2.18 bits per heavy atom. The summed E-state index contributed by atoms with van der Waals surface area (Å²) in [5, 5.41) is 7.18. The number of hydrogen-bond acceptors (Lipinski definition) is 4. The number of rotatable bonds is 12. The largest absolute Gasteiger partial charge is 0.497 e. The zero-order valence-electron chi connectivity index (χ0n) is 30.0. The van der Waals surface area contributed by atoms with Gasteiger partial charge in [-0.2, -0.15) is 5.10 Å². The Balaban J connectivity index is 1.24. The number of benzene rings is 4. The summed E-state index contributed by atoms with van der Waals surface area (Å²) in [5.41, 5.74) is 9.74. The summed E-state index contributed by atoms with van der Waals surface area (Å²) < 4.78 is 16.2. The van der Waals surface area contributed by atoms with Crippen LogP contribution in [0.15, 0.2) is 110 Å². The van der Waals surface area contributed by atoms with E-state index in [1.54, 1.807) is 13.3 Å². The van der Waals surface area contributed by atoms with Gasteiger partial charge < -0.3 is 9.47 Å². The van der Waals surface area contributed by atoms with Crippen LogP contribution in [-0.4, -0.2) is 26.4 Å². The van der Waals surface area contributed by atoms with Gasteiger partial charge in [0.1, 0.15) is 23.1 Å². The zero-order valence-corrected chi connectivity index (χ0v) is 30.0. The van der Waals surface area contributed by atoms with E-state index in [0.717, 1.165) is 81.8 Å². The summed E-state index contributed by atoms with van der Waals surface area (Å²) in [7, 11) is 1.67. The van der Waals surface area contributed by atoms with Gasteiger partial charge in [-0.05, 0) is 84.7 Å². The monoisotopic (exact) mass is 662 g/mol. The van der Waals surface area contributed by atoms with Crippen LogP contribution in [0.3, 0.4) is 0 Å². The van der Waals surface area contributed by atoms with Crippen LogP contribution in [0.4, 0.5) is 0 Å². The molecule has 7 rings (SSSR count). The smallest absolute Gasteiger partial charge is 0.141 e. The molecule has 2 unspecified atom stereocenters. The molecular weight excluding hydrogens is 617 g/mol. The number of ether oxygens (including phenoxy) is 2. The normalized spacial score (nSPS) is 12.8. The summed E-state index contributed by atoms with van der Waals surface area (Å²) in [4.78, 5) is 4.70. The molecule has 4 aromatic carbocycles. The number of hydrogen-bond donors (Lipinski definition) is 0. The van der Waals surface area contributed by atoms with Crippen LogP contribution in [-0.2, 0) is 0 Å². The van der Waals surface area contributed by atoms with E-state index in [9.17, 15) is 0 Å². The molecule has 0 spiro atoms. The second-order valence-electron chi connectivity index (χ2n) is 13.6. The molecule has 7 aromatic rings. The molecule has 0 aliphatic heterocycles. The van der Waals surface area contributed by atoms with E-state index in [4.69, 9.17) is 19.6 Å². The van der Waals surface area contributed by atoms with Crippen molar-refractivity contribution in [1.82, 2.24) is 19.3 Å². The number of aryl methyl sites for hydroxylation is 1. The highest BCUT2D eigenvalue weighted by Gasteiger charge is 2.21. The zero-order chi connectivity index (χ0) is 34.8. The maximum Gasteiger partial charge on any atom is 0.141 e. The lowest BCUT2D eigenvalue weighted by molar-refractivity contribution is 0.414. The fourth-order valence-electron chi connectivity index (χ4n) is 7.46. The van der Waals surface area contributed by atoms with Crippen LogP contribution >= 0.6 is 0 Å². The number of methoxy groups -OCH3 is 1. The van der Waals surface area contributed by atoms with E-state index in [1.807, 2.05) is 41.2 Å². The first kappa shape index (κ1) is 33.2. The molecule has 0 fully saturated rings. The van der Waals surface area contributed by atoms with Crippen molar-refractivity contribution in [1.29, 1.82) is 0 Å². The highest BCUT2D eigenvalue weighted by molar-refractivity contribution is 6.09. The van der Waals surface area contributed by atoms with E-state index < -0.39 is 0 Å². The number of aromatic nitrogens is 4. The predicted octanol–water partition coefficient (Wildman–Crippen LogP) is 11.9. The predicted molar refractivity (Wildman–Crippen MR) is 206 cm³/mol. The minimum absolute atomic E-state index is 0.471. The van der Waals surface area contributed by atoms with Gasteiger partial charge in [0.25, 0.3) is 0 Å². The number of nitrogens with zero attached hydrogens (tertiary/aromatic N) is 4. The van der Waals surface area contributed by atoms with Crippen molar-refractivity contribution < 1.29 is 9.47 Å². The highest BCUT2D eigenvalue weighted by Crippen LogP contribution is 2.40. The van der Waals surface area contributed by atoms with E-state index >= 15 is 0 Å². The number of pyridine rings is 1. The second kappa shape index (κ2) is 14.2. The van der Waals surface area contributed by atoms with Crippen LogP contribution in [0.5, 0.6) is 17.2 Å². The van der Waals surface area contributed by atoms with Gasteiger partial charge in [-0.15, -0.1) is 0 Å². The van der Waals surface area contributed by atoms with Crippen molar-refractivity contribution in [3.8, 4) is 39.9 Å². The summed E-state index contributed by atoms with van der Waals surface area (Å²) in [6.07, 6.45) is 10.6. The third-order valence-corrected chi connectivity index (χ3v) is 9.87. The van der Waals surface area contributed by atoms with E-state index in [-0.39, 0.29) is 0 Å². The van der Waals surface area contributed by atoms with Crippen molar-refractivity contribution in [2.24, 2.45) is 0 Å². The average molecular weight is 663 g/mol. The lowest BCUT2D eigenvalue weighted by Crippen LogP contribution is -2.04. The molecule has 0 saturated carbocycles. The standard InChI is InChI=1S/C44H46N4O2/c1-7-12-30(4)39-22-29(3)23-40(31(5)13-8-2)44(39)32-27-46-47(28-32)33-14-11-15-35(24-33)50-36-18-19-38-37-16-9-10-17-41(37)48(42(38)25-36)43-26-34(49-6)20-21-45-43/h9-11,14-28,30-31H,7-8,12-13H2,1-6H3. The van der Waals surface area contributed by atoms with Crippen molar-refractivity contribution in [3.05, 3.63) is 126 Å². The molecule has 6 heteroatoms. The minimum atomic E-state index is 0.471. The quantitative estimate of drug-likeness (QED) is 0.131. The fraction of sp³-hybridized carbons (Fsp3) is 0.273. The van der Waals surface area contributed by atoms with Crippen molar-refractivity contribution >= 4 is 21.8 Å².